The number of hydrogen-bond donors (Lipinski definition) is 1. The van der Waals surface area contributed by atoms with Crippen molar-refractivity contribution in [2.45, 2.75) is 38.3 Å². The van der Waals surface area contributed by atoms with Gasteiger partial charge in [0, 0.05) is 26.2 Å². The number of likely N-dealkylation sites (tertiary alicyclic amines) is 1. The summed E-state index contributed by atoms with van der Waals surface area (Å²) >= 11 is 0. The number of benzene rings is 1. The van der Waals surface area contributed by atoms with Gasteiger partial charge in [0.2, 0.25) is 5.91 Å². The highest BCUT2D eigenvalue weighted by molar-refractivity contribution is 7.87. The fourth-order valence-electron chi connectivity index (χ4n) is 3.59. The quantitative estimate of drug-likeness (QED) is 0.861. The number of rotatable bonds is 3. The van der Waals surface area contributed by atoms with Gasteiger partial charge in [0.15, 0.2) is 0 Å². The molecule has 0 spiro atoms. The van der Waals surface area contributed by atoms with Crippen LogP contribution in [0.3, 0.4) is 0 Å². The van der Waals surface area contributed by atoms with Crippen LogP contribution in [0.2, 0.25) is 0 Å². The summed E-state index contributed by atoms with van der Waals surface area (Å²) in [5.41, 5.74) is 0.826. The Kier molecular flexibility index (Phi) is 5.55. The monoisotopic (exact) mass is 381 g/mol. The van der Waals surface area contributed by atoms with Crippen LogP contribution in [0.15, 0.2) is 24.3 Å². The molecule has 1 aromatic carbocycles. The van der Waals surface area contributed by atoms with Crippen LogP contribution in [0.4, 0.5) is 0 Å². The summed E-state index contributed by atoms with van der Waals surface area (Å²) < 4.78 is 34.1. The number of hydrogen-bond acceptors (Lipinski definition) is 4. The van der Waals surface area contributed by atoms with Gasteiger partial charge in [-0.15, -0.1) is 0 Å². The Morgan fingerprint density at radius 2 is 1.81 bits per heavy atom. The first kappa shape index (κ1) is 19.1. The van der Waals surface area contributed by atoms with Crippen molar-refractivity contribution in [2.24, 2.45) is 5.92 Å². The molecule has 0 unspecified atom stereocenters. The summed E-state index contributed by atoms with van der Waals surface area (Å²) in [5.74, 6) is 1.23. The minimum atomic E-state index is -3.71. The molecule has 8 heteroatoms. The summed E-state index contributed by atoms with van der Waals surface area (Å²) in [7, 11) is -0.655. The third-order valence-electron chi connectivity index (χ3n) is 5.47. The largest absolute Gasteiger partial charge is 0.497 e. The van der Waals surface area contributed by atoms with Crippen LogP contribution in [0.1, 0.15) is 37.8 Å². The first-order valence-corrected chi connectivity index (χ1v) is 10.4. The Morgan fingerprint density at radius 3 is 2.38 bits per heavy atom. The van der Waals surface area contributed by atoms with Gasteiger partial charge in [-0.25, -0.2) is 0 Å². The summed E-state index contributed by atoms with van der Waals surface area (Å²) in [4.78, 5) is 14.8. The lowest BCUT2D eigenvalue weighted by molar-refractivity contribution is -0.137. The lowest BCUT2D eigenvalue weighted by Gasteiger charge is -2.40. The number of ether oxygens (including phenoxy) is 1. The van der Waals surface area contributed by atoms with Crippen LogP contribution in [-0.4, -0.2) is 56.8 Å². The zero-order valence-electron chi connectivity index (χ0n) is 15.5. The van der Waals surface area contributed by atoms with Gasteiger partial charge in [-0.3, -0.25) is 4.79 Å². The molecule has 7 nitrogen and oxygen atoms in total. The Hall–Kier alpha value is -1.64. The van der Waals surface area contributed by atoms with Crippen molar-refractivity contribution in [3.05, 3.63) is 29.8 Å². The van der Waals surface area contributed by atoms with Gasteiger partial charge in [-0.1, -0.05) is 19.1 Å². The van der Waals surface area contributed by atoms with E-state index in [4.69, 9.17) is 4.74 Å². The molecule has 1 N–H and O–H groups in total. The molecule has 1 amide bonds. The first-order chi connectivity index (χ1) is 12.3. The third-order valence-corrected chi connectivity index (χ3v) is 7.06. The second kappa shape index (κ2) is 7.54. The fraction of sp³-hybridized carbons (Fsp3) is 0.611. The van der Waals surface area contributed by atoms with Crippen LogP contribution >= 0.6 is 0 Å². The number of likely N-dealkylation sites (N-methyl/N-ethyl adjacent to an activating group) is 1. The van der Waals surface area contributed by atoms with E-state index < -0.39 is 22.3 Å². The van der Waals surface area contributed by atoms with Crippen LogP contribution in [0, 0.1) is 5.92 Å². The van der Waals surface area contributed by atoms with Crippen molar-refractivity contribution in [3.8, 4) is 5.75 Å². The van der Waals surface area contributed by atoms with Gasteiger partial charge in [0.1, 0.15) is 11.8 Å². The van der Waals surface area contributed by atoms with Gasteiger partial charge in [-0.05, 0) is 42.9 Å². The van der Waals surface area contributed by atoms with Crippen LogP contribution in [0.5, 0.6) is 5.75 Å². The van der Waals surface area contributed by atoms with Gasteiger partial charge in [0.25, 0.3) is 10.2 Å². The molecule has 2 aliphatic heterocycles. The molecule has 2 fully saturated rings. The van der Waals surface area contributed by atoms with E-state index >= 15 is 0 Å². The standard InChI is InChI=1S/C18H27N3O4S/c1-13-8-10-21(11-9-13)18(22)17-12-16(19-26(23,24)20(17)2)14-4-6-15(25-3)7-5-14/h4-7,13,16-17,19H,8-12H2,1-3H3/t16-,17-/m1/s1. The molecule has 0 saturated carbocycles. The summed E-state index contributed by atoms with van der Waals surface area (Å²) in [6.07, 6.45) is 2.34. The van der Waals surface area contributed by atoms with Gasteiger partial charge >= 0.3 is 0 Å². The molecule has 0 bridgehead atoms. The number of amides is 1. The molecule has 0 aromatic heterocycles. The molecule has 144 valence electrons. The molecule has 3 rings (SSSR count). The van der Waals surface area contributed by atoms with Crippen molar-refractivity contribution in [3.63, 3.8) is 0 Å². The number of carbonyl (C=O) groups is 1. The molecule has 2 aliphatic rings. The smallest absolute Gasteiger partial charge is 0.280 e. The minimum Gasteiger partial charge on any atom is -0.497 e. The van der Waals surface area contributed by atoms with Crippen molar-refractivity contribution in [2.75, 3.05) is 27.2 Å². The topological polar surface area (TPSA) is 79.0 Å². The highest BCUT2D eigenvalue weighted by Crippen LogP contribution is 2.30. The van der Waals surface area contributed by atoms with Crippen molar-refractivity contribution in [1.29, 1.82) is 0 Å². The fourth-order valence-corrected chi connectivity index (χ4v) is 4.86. The van der Waals surface area contributed by atoms with Crippen LogP contribution < -0.4 is 9.46 Å². The average molecular weight is 381 g/mol. The van der Waals surface area contributed by atoms with Gasteiger partial charge < -0.3 is 9.64 Å². The molecule has 2 atom stereocenters. The molecule has 0 aliphatic carbocycles. The normalized spacial score (nSPS) is 27.3. The maximum absolute atomic E-state index is 13.0. The zero-order valence-corrected chi connectivity index (χ0v) is 16.3. The number of piperidine rings is 1. The second-order valence-electron chi connectivity index (χ2n) is 7.22. The number of nitrogens with zero attached hydrogens (tertiary/aromatic N) is 2. The Balaban J connectivity index is 1.81. The van der Waals surface area contributed by atoms with Crippen molar-refractivity contribution in [1.82, 2.24) is 13.9 Å². The van der Waals surface area contributed by atoms with Crippen LogP contribution in [-0.2, 0) is 15.0 Å². The first-order valence-electron chi connectivity index (χ1n) is 9.00. The molecular weight excluding hydrogens is 354 g/mol. The maximum atomic E-state index is 13.0. The summed E-state index contributed by atoms with van der Waals surface area (Å²) in [6.45, 7) is 3.58. The minimum absolute atomic E-state index is 0.0945. The SMILES string of the molecule is COc1ccc([C@H]2C[C@H](C(=O)N3CCC(C)CC3)N(C)S(=O)(=O)N2)cc1. The summed E-state index contributed by atoms with van der Waals surface area (Å²) in [6, 6.07) is 6.15. The number of nitrogens with one attached hydrogen (secondary N) is 1. The van der Waals surface area contributed by atoms with E-state index in [0.717, 1.165) is 18.4 Å². The predicted molar refractivity (Wildman–Crippen MR) is 98.9 cm³/mol. The lowest BCUT2D eigenvalue weighted by atomic mass is 9.96. The van der Waals surface area contributed by atoms with E-state index in [9.17, 15) is 13.2 Å². The van der Waals surface area contributed by atoms with E-state index in [-0.39, 0.29) is 5.91 Å². The van der Waals surface area contributed by atoms with E-state index in [0.29, 0.717) is 31.2 Å². The summed E-state index contributed by atoms with van der Waals surface area (Å²) in [5, 5.41) is 0. The number of carbonyl (C=O) groups excluding carboxylic acids is 1. The Labute approximate surface area is 155 Å². The van der Waals surface area contributed by atoms with Crippen molar-refractivity contribution >= 4 is 16.1 Å². The highest BCUT2D eigenvalue weighted by Gasteiger charge is 2.42. The highest BCUT2D eigenvalue weighted by atomic mass is 32.2. The third kappa shape index (κ3) is 3.87. The second-order valence-corrected chi connectivity index (χ2v) is 8.99. The predicted octanol–water partition coefficient (Wildman–Crippen LogP) is 1.53. The average Bonchev–Trinajstić information content (AvgIpc) is 2.64. The molecule has 1 aromatic rings. The van der Waals surface area contributed by atoms with E-state index in [1.165, 1.54) is 11.4 Å². The lowest BCUT2D eigenvalue weighted by Crippen LogP contribution is -2.58. The Morgan fingerprint density at radius 1 is 1.19 bits per heavy atom. The van der Waals surface area contributed by atoms with E-state index in [1.807, 2.05) is 17.0 Å². The molecule has 26 heavy (non-hydrogen) atoms. The van der Waals surface area contributed by atoms with Gasteiger partial charge in [-0.2, -0.15) is 17.4 Å². The van der Waals surface area contributed by atoms with E-state index in [1.54, 1.807) is 19.2 Å². The number of methoxy groups -OCH3 is 1. The Bertz CT molecular complexity index is 742. The zero-order chi connectivity index (χ0) is 18.9. The van der Waals surface area contributed by atoms with Crippen LogP contribution in [0.25, 0.3) is 0 Å². The molecule has 2 saturated heterocycles. The molecular formula is C18H27N3O4S. The van der Waals surface area contributed by atoms with Crippen molar-refractivity contribution < 1.29 is 17.9 Å². The van der Waals surface area contributed by atoms with E-state index in [2.05, 4.69) is 11.6 Å². The maximum Gasteiger partial charge on any atom is 0.280 e. The molecule has 2 heterocycles. The van der Waals surface area contributed by atoms with Gasteiger partial charge in [0.05, 0.1) is 7.11 Å². The molecule has 0 radical (unpaired) electrons.